The third-order valence-corrected chi connectivity index (χ3v) is 10.2. The quantitative estimate of drug-likeness (QED) is 0.190. The van der Waals surface area contributed by atoms with Gasteiger partial charge in [-0.1, -0.05) is 133 Å². The van der Waals surface area contributed by atoms with Crippen molar-refractivity contribution in [2.75, 3.05) is 0 Å². The fraction of sp³-hybridized carbons (Fsp3) is 0. The summed E-state index contributed by atoms with van der Waals surface area (Å²) in [7, 11) is 0. The van der Waals surface area contributed by atoms with Crippen LogP contribution < -0.4 is 0 Å². The van der Waals surface area contributed by atoms with Crippen LogP contribution in [0.3, 0.4) is 0 Å². The molecule has 0 saturated heterocycles. The zero-order chi connectivity index (χ0) is 33.5. The molecule has 51 heavy (non-hydrogen) atoms. The van der Waals surface area contributed by atoms with Gasteiger partial charge in [0.05, 0.1) is 33.1 Å². The van der Waals surface area contributed by atoms with Gasteiger partial charge < -0.3 is 8.98 Å². The van der Waals surface area contributed by atoms with Crippen LogP contribution in [0, 0.1) is 0 Å². The van der Waals surface area contributed by atoms with Crippen LogP contribution in [0.25, 0.3) is 99.7 Å². The number of hydrogen-bond acceptors (Lipinski definition) is 3. The van der Waals surface area contributed by atoms with Crippen molar-refractivity contribution in [1.82, 2.24) is 19.1 Å². The van der Waals surface area contributed by atoms with Gasteiger partial charge in [0.2, 0.25) is 11.7 Å². The molecule has 0 amide bonds. The number of benzene rings is 7. The molecule has 4 heterocycles. The number of hydrogen-bond donors (Lipinski definition) is 0. The summed E-state index contributed by atoms with van der Waals surface area (Å²) in [6.07, 6.45) is 0. The summed E-state index contributed by atoms with van der Waals surface area (Å²) in [6.45, 7) is 0. The van der Waals surface area contributed by atoms with E-state index in [0.717, 1.165) is 66.1 Å². The fourth-order valence-corrected chi connectivity index (χ4v) is 7.94. The highest BCUT2D eigenvalue weighted by Crippen LogP contribution is 2.43. The van der Waals surface area contributed by atoms with E-state index in [-0.39, 0.29) is 0 Å². The van der Waals surface area contributed by atoms with Crippen LogP contribution in [-0.4, -0.2) is 19.1 Å². The molecule has 0 saturated carbocycles. The molecule has 0 aliphatic rings. The van der Waals surface area contributed by atoms with Crippen molar-refractivity contribution in [3.8, 4) is 34.0 Å². The largest absolute Gasteiger partial charge is 0.437 e. The zero-order valence-corrected chi connectivity index (χ0v) is 27.4. The minimum absolute atomic E-state index is 0.569. The molecule has 0 atom stereocenters. The Hall–Kier alpha value is -6.98. The molecule has 11 rings (SSSR count). The van der Waals surface area contributed by atoms with Gasteiger partial charge in [-0.2, -0.15) is 4.98 Å². The van der Waals surface area contributed by atoms with Gasteiger partial charge in [-0.3, -0.25) is 4.57 Å². The molecule has 0 aliphatic heterocycles. The first-order chi connectivity index (χ1) is 25.3. The van der Waals surface area contributed by atoms with Gasteiger partial charge in [0.1, 0.15) is 5.58 Å². The summed E-state index contributed by atoms with van der Waals surface area (Å²) in [5.74, 6) is 0.570. The van der Waals surface area contributed by atoms with E-state index in [2.05, 4.69) is 143 Å². The first-order valence-corrected chi connectivity index (χ1v) is 17.2. The molecule has 11 aromatic rings. The van der Waals surface area contributed by atoms with E-state index in [1.165, 1.54) is 21.9 Å². The molecule has 238 valence electrons. The van der Waals surface area contributed by atoms with Gasteiger partial charge in [-0.15, -0.1) is 0 Å². The van der Waals surface area contributed by atoms with Gasteiger partial charge in [0.15, 0.2) is 0 Å². The topological polar surface area (TPSA) is 48.8 Å². The third-order valence-electron chi connectivity index (χ3n) is 10.2. The van der Waals surface area contributed by atoms with Crippen LogP contribution in [0.15, 0.2) is 174 Å². The monoisotopic (exact) mass is 652 g/mol. The number of fused-ring (bicyclic) bond motifs is 10. The lowest BCUT2D eigenvalue weighted by molar-refractivity contribution is 0.651. The second kappa shape index (κ2) is 10.8. The summed E-state index contributed by atoms with van der Waals surface area (Å²) in [5.41, 5.74) is 11.1. The Kier molecular flexibility index (Phi) is 5.89. The summed E-state index contributed by atoms with van der Waals surface area (Å²) in [5, 5.41) is 6.63. The summed E-state index contributed by atoms with van der Waals surface area (Å²) in [6, 6.07) is 59.6. The second-order valence-electron chi connectivity index (χ2n) is 13.0. The van der Waals surface area contributed by atoms with Crippen molar-refractivity contribution in [3.63, 3.8) is 0 Å². The van der Waals surface area contributed by atoms with E-state index in [0.29, 0.717) is 11.7 Å². The van der Waals surface area contributed by atoms with Crippen LogP contribution in [0.2, 0.25) is 0 Å². The van der Waals surface area contributed by atoms with Crippen molar-refractivity contribution in [3.05, 3.63) is 170 Å². The lowest BCUT2D eigenvalue weighted by Gasteiger charge is -2.11. The zero-order valence-electron chi connectivity index (χ0n) is 27.4. The molecule has 0 bridgehead atoms. The number of para-hydroxylation sites is 3. The van der Waals surface area contributed by atoms with Gasteiger partial charge in [0, 0.05) is 38.2 Å². The van der Waals surface area contributed by atoms with Crippen molar-refractivity contribution in [2.45, 2.75) is 0 Å². The van der Waals surface area contributed by atoms with E-state index in [4.69, 9.17) is 14.4 Å². The van der Waals surface area contributed by atoms with E-state index in [9.17, 15) is 0 Å². The van der Waals surface area contributed by atoms with Gasteiger partial charge in [-0.05, 0) is 47.5 Å². The summed E-state index contributed by atoms with van der Waals surface area (Å²) in [4.78, 5) is 10.5. The number of nitrogens with zero attached hydrogens (tertiary/aromatic N) is 4. The molecule has 7 aromatic carbocycles. The van der Waals surface area contributed by atoms with Crippen LogP contribution in [-0.2, 0) is 0 Å². The maximum absolute atomic E-state index is 6.44. The molecule has 0 radical (unpaired) electrons. The minimum atomic E-state index is 0.569. The molecule has 0 unspecified atom stereocenters. The molecule has 4 aromatic heterocycles. The second-order valence-corrected chi connectivity index (χ2v) is 13.0. The van der Waals surface area contributed by atoms with E-state index < -0.39 is 0 Å². The molecule has 0 spiro atoms. The normalized spacial score (nSPS) is 11.9. The Balaban J connectivity index is 1.24. The maximum Gasteiger partial charge on any atom is 0.238 e. The van der Waals surface area contributed by atoms with Crippen LogP contribution in [0.1, 0.15) is 0 Å². The van der Waals surface area contributed by atoms with Crippen LogP contribution >= 0.6 is 0 Å². The predicted octanol–water partition coefficient (Wildman–Crippen LogP) is 11.9. The SMILES string of the molecule is c1ccc(-c2ccc(-n3c4ccccc4c4ccc5c(c6ccccc6n5-c5nc(-c6ccccc6)c6c(n5)oc5ccccc56)c43)cc2)cc1. The summed E-state index contributed by atoms with van der Waals surface area (Å²) < 4.78 is 11.0. The lowest BCUT2D eigenvalue weighted by Crippen LogP contribution is -2.03. The number of furan rings is 1. The summed E-state index contributed by atoms with van der Waals surface area (Å²) >= 11 is 0. The molecule has 0 aliphatic carbocycles. The van der Waals surface area contributed by atoms with Gasteiger partial charge >= 0.3 is 0 Å². The highest BCUT2D eigenvalue weighted by Gasteiger charge is 2.24. The smallest absolute Gasteiger partial charge is 0.238 e. The molecule has 0 fully saturated rings. The highest BCUT2D eigenvalue weighted by atomic mass is 16.3. The molecular formula is C46H28N4O. The van der Waals surface area contributed by atoms with E-state index in [1.54, 1.807) is 0 Å². The Labute approximate surface area is 292 Å². The van der Waals surface area contributed by atoms with E-state index >= 15 is 0 Å². The van der Waals surface area contributed by atoms with Crippen LogP contribution in [0.4, 0.5) is 0 Å². The Morgan fingerprint density at radius 1 is 0.392 bits per heavy atom. The van der Waals surface area contributed by atoms with Crippen molar-refractivity contribution >= 4 is 65.7 Å². The first-order valence-electron chi connectivity index (χ1n) is 17.2. The molecule has 5 nitrogen and oxygen atoms in total. The third kappa shape index (κ3) is 4.09. The molecule has 0 N–H and O–H groups in total. The average Bonchev–Trinajstić information content (AvgIpc) is 3.86. The molecular weight excluding hydrogens is 625 g/mol. The Morgan fingerprint density at radius 2 is 1.00 bits per heavy atom. The lowest BCUT2D eigenvalue weighted by atomic mass is 10.1. The standard InChI is InChI=1S/C46H28N4O/c1-3-13-29(14-4-1)30-23-25-32(26-24-30)49-37-20-10-7-17-33(37)34-27-28-39-41(44(34)49)35-18-8-11-21-38(35)50(39)46-47-43(31-15-5-2-6-16-31)42-36-19-9-12-22-40(36)51-45(42)48-46/h1-28H. The predicted molar refractivity (Wildman–Crippen MR) is 209 cm³/mol. The number of rotatable bonds is 4. The van der Waals surface area contributed by atoms with Crippen molar-refractivity contribution < 1.29 is 4.42 Å². The maximum atomic E-state index is 6.44. The Bertz CT molecular complexity index is 3120. The van der Waals surface area contributed by atoms with Gasteiger partial charge in [0.25, 0.3) is 0 Å². The first kappa shape index (κ1) is 27.9. The highest BCUT2D eigenvalue weighted by molar-refractivity contribution is 6.26. The minimum Gasteiger partial charge on any atom is -0.437 e. The van der Waals surface area contributed by atoms with E-state index in [1.807, 2.05) is 36.4 Å². The Morgan fingerprint density at radius 3 is 1.76 bits per heavy atom. The van der Waals surface area contributed by atoms with Crippen molar-refractivity contribution in [2.24, 2.45) is 0 Å². The number of aromatic nitrogens is 4. The van der Waals surface area contributed by atoms with Crippen molar-refractivity contribution in [1.29, 1.82) is 0 Å². The van der Waals surface area contributed by atoms with Crippen LogP contribution in [0.5, 0.6) is 0 Å². The molecule has 5 heteroatoms. The van der Waals surface area contributed by atoms with Gasteiger partial charge in [-0.25, -0.2) is 4.98 Å². The average molecular weight is 653 g/mol. The fourth-order valence-electron chi connectivity index (χ4n) is 7.94.